The summed E-state index contributed by atoms with van der Waals surface area (Å²) < 4.78 is 0. The van der Waals surface area contributed by atoms with Crippen LogP contribution >= 0.6 is 0 Å². The summed E-state index contributed by atoms with van der Waals surface area (Å²) in [5, 5.41) is 3.27. The Hall–Kier alpha value is -1.13. The summed E-state index contributed by atoms with van der Waals surface area (Å²) in [6.45, 7) is 9.70. The van der Waals surface area contributed by atoms with Gasteiger partial charge in [-0.2, -0.15) is 0 Å². The zero-order valence-electron chi connectivity index (χ0n) is 12.4. The van der Waals surface area contributed by atoms with Gasteiger partial charge in [0.15, 0.2) is 0 Å². The fourth-order valence-electron chi connectivity index (χ4n) is 2.67. The summed E-state index contributed by atoms with van der Waals surface area (Å²) in [7, 11) is 2.23. The molecule has 4 heteroatoms. The Kier molecular flexibility index (Phi) is 5.16. The Morgan fingerprint density at radius 3 is 2.89 bits per heavy atom. The number of aromatic nitrogens is 1. The van der Waals surface area contributed by atoms with Gasteiger partial charge in [0.25, 0.3) is 0 Å². The second kappa shape index (κ2) is 6.87. The van der Waals surface area contributed by atoms with Crippen molar-refractivity contribution >= 4 is 5.82 Å². The van der Waals surface area contributed by atoms with Crippen LogP contribution in [0.4, 0.5) is 5.82 Å². The molecule has 1 aliphatic heterocycles. The molecule has 1 N–H and O–H groups in total. The molecule has 1 fully saturated rings. The second-order valence-electron chi connectivity index (χ2n) is 5.32. The Morgan fingerprint density at radius 1 is 1.32 bits per heavy atom. The van der Waals surface area contributed by atoms with E-state index in [4.69, 9.17) is 0 Å². The Bertz CT molecular complexity index is 393. The highest BCUT2D eigenvalue weighted by molar-refractivity contribution is 5.34. The van der Waals surface area contributed by atoms with E-state index in [9.17, 15) is 0 Å². The normalized spacial score (nSPS) is 21.5. The zero-order valence-corrected chi connectivity index (χ0v) is 12.4. The van der Waals surface area contributed by atoms with E-state index in [2.05, 4.69) is 53.1 Å². The van der Waals surface area contributed by atoms with Gasteiger partial charge < -0.3 is 10.2 Å². The van der Waals surface area contributed by atoms with Crippen molar-refractivity contribution in [3.05, 3.63) is 23.9 Å². The molecule has 2 rings (SSSR count). The fraction of sp³-hybridized carbons (Fsp3) is 0.667. The summed E-state index contributed by atoms with van der Waals surface area (Å²) in [5.74, 6) is 0.987. The predicted octanol–water partition coefficient (Wildman–Crippen LogP) is 2.04. The zero-order chi connectivity index (χ0) is 13.7. The first-order valence-electron chi connectivity index (χ1n) is 7.35. The quantitative estimate of drug-likeness (QED) is 0.880. The van der Waals surface area contributed by atoms with E-state index in [0.717, 1.165) is 44.2 Å². The van der Waals surface area contributed by atoms with Gasteiger partial charge in [0.2, 0.25) is 0 Å². The van der Waals surface area contributed by atoms with Gasteiger partial charge in [-0.05, 0) is 32.5 Å². The lowest BCUT2D eigenvalue weighted by Gasteiger charge is -2.39. The summed E-state index contributed by atoms with van der Waals surface area (Å²) >= 11 is 0. The van der Waals surface area contributed by atoms with Crippen LogP contribution in [0.25, 0.3) is 0 Å². The van der Waals surface area contributed by atoms with E-state index in [-0.39, 0.29) is 0 Å². The molecular formula is C15H26N4. The van der Waals surface area contributed by atoms with Gasteiger partial charge in [-0.15, -0.1) is 0 Å². The van der Waals surface area contributed by atoms with Crippen molar-refractivity contribution in [3.8, 4) is 0 Å². The molecule has 0 spiro atoms. The molecule has 0 aromatic carbocycles. The maximum Gasteiger partial charge on any atom is 0.126 e. The van der Waals surface area contributed by atoms with Crippen molar-refractivity contribution in [3.63, 3.8) is 0 Å². The monoisotopic (exact) mass is 262 g/mol. The van der Waals surface area contributed by atoms with Crippen LogP contribution in [-0.4, -0.2) is 54.1 Å². The molecule has 1 aliphatic rings. The van der Waals surface area contributed by atoms with Gasteiger partial charge in [0.1, 0.15) is 5.82 Å². The molecular weight excluding hydrogens is 236 g/mol. The molecule has 1 atom stereocenters. The number of nitrogens with one attached hydrogen (secondary N) is 1. The van der Waals surface area contributed by atoms with Crippen LogP contribution in [0, 0.1) is 0 Å². The average molecular weight is 262 g/mol. The first kappa shape index (κ1) is 14.3. The van der Waals surface area contributed by atoms with Gasteiger partial charge >= 0.3 is 0 Å². The van der Waals surface area contributed by atoms with Gasteiger partial charge in [-0.1, -0.05) is 13.0 Å². The number of pyridine rings is 1. The van der Waals surface area contributed by atoms with Crippen molar-refractivity contribution in [2.75, 3.05) is 38.5 Å². The molecule has 1 unspecified atom stereocenters. The highest BCUT2D eigenvalue weighted by Crippen LogP contribution is 2.14. The highest BCUT2D eigenvalue weighted by Gasteiger charge is 2.22. The summed E-state index contributed by atoms with van der Waals surface area (Å²) in [5.41, 5.74) is 1.16. The topological polar surface area (TPSA) is 31.4 Å². The summed E-state index contributed by atoms with van der Waals surface area (Å²) in [6, 6.07) is 6.94. The number of rotatable bonds is 5. The molecule has 19 heavy (non-hydrogen) atoms. The molecule has 4 nitrogen and oxygen atoms in total. The predicted molar refractivity (Wildman–Crippen MR) is 80.4 cm³/mol. The van der Waals surface area contributed by atoms with E-state index >= 15 is 0 Å². The van der Waals surface area contributed by atoms with Crippen molar-refractivity contribution in [2.45, 2.75) is 32.9 Å². The van der Waals surface area contributed by atoms with Crippen molar-refractivity contribution in [1.29, 1.82) is 0 Å². The summed E-state index contributed by atoms with van der Waals surface area (Å²) in [6.07, 6.45) is 1.22. The largest absolute Gasteiger partial charge is 0.370 e. The third-order valence-electron chi connectivity index (χ3n) is 3.88. The lowest BCUT2D eigenvalue weighted by atomic mass is 10.1. The van der Waals surface area contributed by atoms with E-state index in [1.807, 2.05) is 6.07 Å². The minimum absolute atomic E-state index is 0.686. The molecule has 1 aromatic heterocycles. The minimum atomic E-state index is 0.686. The number of anilines is 1. The average Bonchev–Trinajstić information content (AvgIpc) is 2.42. The molecule has 0 saturated carbocycles. The Balaban J connectivity index is 1.95. The lowest BCUT2D eigenvalue weighted by molar-refractivity contribution is 0.0875. The van der Waals surface area contributed by atoms with E-state index in [1.165, 1.54) is 6.42 Å². The van der Waals surface area contributed by atoms with E-state index < -0.39 is 0 Å². The summed E-state index contributed by atoms with van der Waals surface area (Å²) in [4.78, 5) is 9.65. The smallest absolute Gasteiger partial charge is 0.126 e. The van der Waals surface area contributed by atoms with Crippen LogP contribution in [-0.2, 0) is 6.54 Å². The molecule has 0 radical (unpaired) electrons. The van der Waals surface area contributed by atoms with Crippen LogP contribution in [0.2, 0.25) is 0 Å². The molecule has 0 aliphatic carbocycles. The number of hydrogen-bond acceptors (Lipinski definition) is 4. The van der Waals surface area contributed by atoms with Crippen molar-refractivity contribution in [2.24, 2.45) is 0 Å². The molecule has 2 heterocycles. The van der Waals surface area contributed by atoms with Crippen LogP contribution in [0.5, 0.6) is 0 Å². The van der Waals surface area contributed by atoms with Crippen LogP contribution in [0.3, 0.4) is 0 Å². The SMILES string of the molecule is CCNc1cccc(CN2CCN(C)C(CC)C2)n1. The number of piperazine rings is 1. The van der Waals surface area contributed by atoms with Gasteiger partial charge in [-0.3, -0.25) is 4.90 Å². The molecule has 1 aromatic rings. The van der Waals surface area contributed by atoms with Crippen molar-refractivity contribution < 1.29 is 0 Å². The maximum atomic E-state index is 4.66. The maximum absolute atomic E-state index is 4.66. The van der Waals surface area contributed by atoms with Crippen LogP contribution in [0.15, 0.2) is 18.2 Å². The van der Waals surface area contributed by atoms with Gasteiger partial charge in [0.05, 0.1) is 5.69 Å². The Labute approximate surface area is 116 Å². The Morgan fingerprint density at radius 2 is 2.16 bits per heavy atom. The van der Waals surface area contributed by atoms with Gasteiger partial charge in [0, 0.05) is 38.8 Å². The number of nitrogens with zero attached hydrogens (tertiary/aromatic N) is 3. The second-order valence-corrected chi connectivity index (χ2v) is 5.32. The minimum Gasteiger partial charge on any atom is -0.370 e. The molecule has 106 valence electrons. The van der Waals surface area contributed by atoms with E-state index in [1.54, 1.807) is 0 Å². The lowest BCUT2D eigenvalue weighted by Crippen LogP contribution is -2.50. The van der Waals surface area contributed by atoms with Gasteiger partial charge in [-0.25, -0.2) is 4.98 Å². The molecule has 0 amide bonds. The first-order valence-corrected chi connectivity index (χ1v) is 7.35. The fourth-order valence-corrected chi connectivity index (χ4v) is 2.67. The van der Waals surface area contributed by atoms with E-state index in [0.29, 0.717) is 6.04 Å². The third-order valence-corrected chi connectivity index (χ3v) is 3.88. The molecule has 1 saturated heterocycles. The number of likely N-dealkylation sites (N-methyl/N-ethyl adjacent to an activating group) is 1. The first-order chi connectivity index (χ1) is 9.22. The third kappa shape index (κ3) is 3.91. The van der Waals surface area contributed by atoms with Crippen LogP contribution < -0.4 is 5.32 Å². The standard InChI is InChI=1S/C15H26N4/c1-4-14-12-19(10-9-18(14)3)11-13-7-6-8-15(17-13)16-5-2/h6-8,14H,4-5,9-12H2,1-3H3,(H,16,17). The highest BCUT2D eigenvalue weighted by atomic mass is 15.3. The number of hydrogen-bond donors (Lipinski definition) is 1. The molecule has 0 bridgehead atoms. The van der Waals surface area contributed by atoms with Crippen LogP contribution in [0.1, 0.15) is 26.0 Å². The van der Waals surface area contributed by atoms with Crippen molar-refractivity contribution in [1.82, 2.24) is 14.8 Å².